The molecule has 1 fully saturated rings. The predicted molar refractivity (Wildman–Crippen MR) is 36.9 cm³/mol. The fraction of sp³-hybridized carbons (Fsp3) is 0.714. The van der Waals surface area contributed by atoms with Crippen molar-refractivity contribution in [2.24, 2.45) is 0 Å². The van der Waals surface area contributed by atoms with Crippen molar-refractivity contribution >= 4 is 11.9 Å². The average Bonchev–Trinajstić information content (AvgIpc) is 2.13. The highest BCUT2D eigenvalue weighted by Crippen LogP contribution is 2.11. The first-order valence-corrected chi connectivity index (χ1v) is 3.66. The van der Waals surface area contributed by atoms with E-state index in [4.69, 9.17) is 5.11 Å². The SMILES string of the molecule is CC(O)C1OC(=O)CCC(=O)O1. The Morgan fingerprint density at radius 3 is 2.08 bits per heavy atom. The van der Waals surface area contributed by atoms with Gasteiger partial charge in [0.05, 0.1) is 12.8 Å². The van der Waals surface area contributed by atoms with Crippen LogP contribution in [0.15, 0.2) is 0 Å². The van der Waals surface area contributed by atoms with E-state index in [0.29, 0.717) is 0 Å². The van der Waals surface area contributed by atoms with Gasteiger partial charge in [-0.2, -0.15) is 0 Å². The van der Waals surface area contributed by atoms with Gasteiger partial charge in [0.2, 0.25) is 0 Å². The molecule has 0 aliphatic carbocycles. The molecule has 1 heterocycles. The molecule has 0 bridgehead atoms. The molecule has 1 N–H and O–H groups in total. The van der Waals surface area contributed by atoms with Crippen LogP contribution in [0.3, 0.4) is 0 Å². The quantitative estimate of drug-likeness (QED) is 0.546. The van der Waals surface area contributed by atoms with Crippen LogP contribution in [0.4, 0.5) is 0 Å². The number of rotatable bonds is 1. The first kappa shape index (κ1) is 8.99. The summed E-state index contributed by atoms with van der Waals surface area (Å²) in [6.45, 7) is 1.39. The van der Waals surface area contributed by atoms with Gasteiger partial charge in [-0.15, -0.1) is 0 Å². The molecule has 1 saturated heterocycles. The lowest BCUT2D eigenvalue weighted by Gasteiger charge is -2.16. The fourth-order valence-corrected chi connectivity index (χ4v) is 0.802. The molecular weight excluding hydrogens is 164 g/mol. The van der Waals surface area contributed by atoms with Crippen LogP contribution in [-0.4, -0.2) is 29.4 Å². The zero-order chi connectivity index (χ0) is 9.14. The molecule has 1 aliphatic heterocycles. The zero-order valence-corrected chi connectivity index (χ0v) is 6.65. The van der Waals surface area contributed by atoms with Crippen molar-refractivity contribution in [2.45, 2.75) is 32.2 Å². The van der Waals surface area contributed by atoms with E-state index in [2.05, 4.69) is 9.47 Å². The topological polar surface area (TPSA) is 72.8 Å². The van der Waals surface area contributed by atoms with Crippen LogP contribution in [0.1, 0.15) is 19.8 Å². The lowest BCUT2D eigenvalue weighted by atomic mass is 10.3. The van der Waals surface area contributed by atoms with Crippen molar-refractivity contribution in [1.29, 1.82) is 0 Å². The Morgan fingerprint density at radius 2 is 1.75 bits per heavy atom. The van der Waals surface area contributed by atoms with Crippen molar-refractivity contribution in [2.75, 3.05) is 0 Å². The average molecular weight is 174 g/mol. The molecule has 1 aliphatic rings. The van der Waals surface area contributed by atoms with E-state index in [-0.39, 0.29) is 12.8 Å². The van der Waals surface area contributed by atoms with Crippen LogP contribution < -0.4 is 0 Å². The van der Waals surface area contributed by atoms with Crippen LogP contribution in [0.25, 0.3) is 0 Å². The van der Waals surface area contributed by atoms with Gasteiger partial charge in [0.1, 0.15) is 6.10 Å². The van der Waals surface area contributed by atoms with Gasteiger partial charge in [0.15, 0.2) is 0 Å². The maximum atomic E-state index is 10.8. The molecule has 1 rings (SSSR count). The molecule has 0 aromatic rings. The minimum atomic E-state index is -1.15. The van der Waals surface area contributed by atoms with Crippen molar-refractivity contribution in [3.8, 4) is 0 Å². The summed E-state index contributed by atoms with van der Waals surface area (Å²) < 4.78 is 9.22. The first-order valence-electron chi connectivity index (χ1n) is 3.66. The molecule has 68 valence electrons. The Balaban J connectivity index is 2.61. The smallest absolute Gasteiger partial charge is 0.309 e. The second-order valence-electron chi connectivity index (χ2n) is 2.59. The molecule has 12 heavy (non-hydrogen) atoms. The summed E-state index contributed by atoms with van der Waals surface area (Å²) in [6, 6.07) is 0. The maximum Gasteiger partial charge on any atom is 0.309 e. The van der Waals surface area contributed by atoms with Crippen molar-refractivity contribution in [1.82, 2.24) is 0 Å². The number of aliphatic hydroxyl groups excluding tert-OH is 1. The van der Waals surface area contributed by atoms with Crippen LogP contribution in [0.5, 0.6) is 0 Å². The summed E-state index contributed by atoms with van der Waals surface area (Å²) in [5, 5.41) is 8.98. The fourth-order valence-electron chi connectivity index (χ4n) is 0.802. The molecule has 0 spiro atoms. The van der Waals surface area contributed by atoms with Gasteiger partial charge in [-0.05, 0) is 6.92 Å². The largest absolute Gasteiger partial charge is 0.422 e. The van der Waals surface area contributed by atoms with Crippen LogP contribution >= 0.6 is 0 Å². The predicted octanol–water partition coefficient (Wildman–Crippen LogP) is -0.427. The van der Waals surface area contributed by atoms with Gasteiger partial charge in [0.25, 0.3) is 6.29 Å². The second kappa shape index (κ2) is 3.53. The van der Waals surface area contributed by atoms with Crippen LogP contribution in [-0.2, 0) is 19.1 Å². The Hall–Kier alpha value is -1.10. The van der Waals surface area contributed by atoms with E-state index < -0.39 is 24.3 Å². The van der Waals surface area contributed by atoms with E-state index in [1.54, 1.807) is 0 Å². The van der Waals surface area contributed by atoms with Gasteiger partial charge in [0, 0.05) is 0 Å². The van der Waals surface area contributed by atoms with Gasteiger partial charge in [-0.3, -0.25) is 9.59 Å². The standard InChI is InChI=1S/C7H10O5/c1-4(8)7-11-5(9)2-3-6(10)12-7/h4,7-8H,2-3H2,1H3. The lowest BCUT2D eigenvalue weighted by Crippen LogP contribution is -2.31. The monoisotopic (exact) mass is 174 g/mol. The molecule has 0 saturated carbocycles. The molecule has 5 nitrogen and oxygen atoms in total. The van der Waals surface area contributed by atoms with Crippen LogP contribution in [0, 0.1) is 0 Å². The van der Waals surface area contributed by atoms with E-state index in [9.17, 15) is 9.59 Å². The molecule has 5 heteroatoms. The van der Waals surface area contributed by atoms with E-state index in [1.165, 1.54) is 6.92 Å². The molecule has 0 radical (unpaired) electrons. The van der Waals surface area contributed by atoms with Gasteiger partial charge >= 0.3 is 11.9 Å². The number of hydrogen-bond acceptors (Lipinski definition) is 5. The number of aliphatic hydroxyl groups is 1. The van der Waals surface area contributed by atoms with Crippen LogP contribution in [0.2, 0.25) is 0 Å². The third-order valence-corrected chi connectivity index (χ3v) is 1.42. The lowest BCUT2D eigenvalue weighted by molar-refractivity contribution is -0.197. The third-order valence-electron chi connectivity index (χ3n) is 1.42. The molecule has 0 aromatic carbocycles. The van der Waals surface area contributed by atoms with Crippen molar-refractivity contribution < 1.29 is 24.2 Å². The summed E-state index contributed by atoms with van der Waals surface area (Å²) in [4.78, 5) is 21.6. The number of cyclic esters (lactones) is 2. The number of carbonyl (C=O) groups excluding carboxylic acids is 2. The number of hydrogen-bond donors (Lipinski definition) is 1. The summed E-state index contributed by atoms with van der Waals surface area (Å²) in [5.41, 5.74) is 0. The minimum absolute atomic E-state index is 0.0159. The van der Waals surface area contributed by atoms with Gasteiger partial charge in [-0.1, -0.05) is 0 Å². The Labute approximate surface area is 69.3 Å². The molecule has 0 amide bonds. The Morgan fingerprint density at radius 1 is 1.33 bits per heavy atom. The number of esters is 2. The third kappa shape index (κ3) is 2.20. The number of carbonyl (C=O) groups is 2. The zero-order valence-electron chi connectivity index (χ0n) is 6.65. The molecule has 0 aromatic heterocycles. The molecule has 1 unspecified atom stereocenters. The molecule has 1 atom stereocenters. The normalized spacial score (nSPS) is 22.5. The van der Waals surface area contributed by atoms with Gasteiger partial charge in [-0.25, -0.2) is 0 Å². The molecular formula is C7H10O5. The summed E-state index contributed by atoms with van der Waals surface area (Å²) in [5.74, 6) is -1.04. The summed E-state index contributed by atoms with van der Waals surface area (Å²) in [7, 11) is 0. The number of ether oxygens (including phenoxy) is 2. The van der Waals surface area contributed by atoms with E-state index in [0.717, 1.165) is 0 Å². The van der Waals surface area contributed by atoms with Crippen molar-refractivity contribution in [3.63, 3.8) is 0 Å². The minimum Gasteiger partial charge on any atom is -0.422 e. The van der Waals surface area contributed by atoms with E-state index >= 15 is 0 Å². The Kier molecular flexibility index (Phi) is 2.65. The Bertz CT molecular complexity index is 180. The first-order chi connectivity index (χ1) is 5.59. The van der Waals surface area contributed by atoms with E-state index in [1.807, 2.05) is 0 Å². The highest BCUT2D eigenvalue weighted by Gasteiger charge is 2.27. The van der Waals surface area contributed by atoms with Crippen molar-refractivity contribution in [3.05, 3.63) is 0 Å². The second-order valence-corrected chi connectivity index (χ2v) is 2.59. The highest BCUT2D eigenvalue weighted by atomic mass is 16.7. The summed E-state index contributed by atoms with van der Waals surface area (Å²) >= 11 is 0. The maximum absolute atomic E-state index is 10.8. The van der Waals surface area contributed by atoms with Gasteiger partial charge < -0.3 is 14.6 Å². The highest BCUT2D eigenvalue weighted by molar-refractivity contribution is 5.79. The summed E-state index contributed by atoms with van der Waals surface area (Å²) in [6.07, 6.45) is -2.10.